The number of thioether (sulfide) groups is 1. The molecule has 164 valence electrons. The second kappa shape index (κ2) is 8.35. The summed E-state index contributed by atoms with van der Waals surface area (Å²) in [5, 5.41) is 3.46. The van der Waals surface area contributed by atoms with Crippen molar-refractivity contribution in [2.24, 2.45) is 7.05 Å². The monoisotopic (exact) mass is 449 g/mol. The van der Waals surface area contributed by atoms with Crippen molar-refractivity contribution in [2.45, 2.75) is 30.2 Å². The van der Waals surface area contributed by atoms with Gasteiger partial charge >= 0.3 is 0 Å². The first-order valence-electron chi connectivity index (χ1n) is 10.5. The standard InChI is InChI=1S/C24H23N3O4S/c1-14-3-5-15(6-4-14)13-32-24-26-23(29)21-17(12-20(28)25-22(21)27(24)2)16-7-8-18-19(11-16)31-10-9-30-18/h3-8,11,17H,9-10,12-13H2,1-2H3,(H,25,28)/t17-/m1/s1. The first-order chi connectivity index (χ1) is 15.5. The molecule has 8 heteroatoms. The molecule has 1 amide bonds. The highest BCUT2D eigenvalue weighted by atomic mass is 32.2. The van der Waals surface area contributed by atoms with Crippen LogP contribution in [0.25, 0.3) is 0 Å². The van der Waals surface area contributed by atoms with Gasteiger partial charge in [-0.15, -0.1) is 0 Å². The maximum atomic E-state index is 13.1. The van der Waals surface area contributed by atoms with Crippen LogP contribution < -0.4 is 20.3 Å². The van der Waals surface area contributed by atoms with Gasteiger partial charge in [0.1, 0.15) is 19.0 Å². The van der Waals surface area contributed by atoms with E-state index >= 15 is 0 Å². The van der Waals surface area contributed by atoms with E-state index in [1.165, 1.54) is 17.3 Å². The second-order valence-corrected chi connectivity index (χ2v) is 8.95. The molecule has 0 fully saturated rings. The summed E-state index contributed by atoms with van der Waals surface area (Å²) in [5.74, 6) is 1.97. The largest absolute Gasteiger partial charge is 0.486 e. The Hall–Kier alpha value is -3.26. The minimum Gasteiger partial charge on any atom is -0.486 e. The number of rotatable bonds is 4. The summed E-state index contributed by atoms with van der Waals surface area (Å²) in [6.07, 6.45) is 0.180. The highest BCUT2D eigenvalue weighted by Gasteiger charge is 2.32. The van der Waals surface area contributed by atoms with Crippen LogP contribution in [-0.2, 0) is 17.6 Å². The zero-order valence-corrected chi connectivity index (χ0v) is 18.7. The molecule has 0 saturated heterocycles. The molecule has 32 heavy (non-hydrogen) atoms. The molecule has 2 aromatic carbocycles. The van der Waals surface area contributed by atoms with Gasteiger partial charge in [0.05, 0.1) is 5.56 Å². The molecule has 1 N–H and O–H groups in total. The van der Waals surface area contributed by atoms with E-state index in [1.54, 1.807) is 4.57 Å². The molecule has 1 aromatic heterocycles. The first-order valence-corrected chi connectivity index (χ1v) is 11.5. The number of aromatic nitrogens is 2. The van der Waals surface area contributed by atoms with E-state index in [4.69, 9.17) is 9.47 Å². The fraction of sp³-hybridized carbons (Fsp3) is 0.292. The molecule has 0 aliphatic carbocycles. The lowest BCUT2D eigenvalue weighted by Gasteiger charge is -2.28. The minimum atomic E-state index is -0.392. The number of carbonyl (C=O) groups is 1. The molecule has 0 saturated carbocycles. The predicted molar refractivity (Wildman–Crippen MR) is 123 cm³/mol. The average Bonchev–Trinajstić information content (AvgIpc) is 2.80. The van der Waals surface area contributed by atoms with Crippen LogP contribution in [0.15, 0.2) is 52.4 Å². The maximum absolute atomic E-state index is 13.1. The van der Waals surface area contributed by atoms with E-state index in [0.717, 1.165) is 11.1 Å². The number of fused-ring (bicyclic) bond motifs is 2. The third-order valence-corrected chi connectivity index (χ3v) is 6.86. The summed E-state index contributed by atoms with van der Waals surface area (Å²) in [6, 6.07) is 13.8. The van der Waals surface area contributed by atoms with Gasteiger partial charge in [0.2, 0.25) is 5.91 Å². The Morgan fingerprint density at radius 1 is 1.09 bits per heavy atom. The SMILES string of the molecule is Cc1ccc(CSc2nc(=O)c3c(n2C)NC(=O)C[C@@H]3c2ccc3c(c2)OCCO3)cc1. The molecule has 0 radical (unpaired) electrons. The summed E-state index contributed by atoms with van der Waals surface area (Å²) in [5.41, 5.74) is 3.37. The summed E-state index contributed by atoms with van der Waals surface area (Å²) in [6.45, 7) is 3.03. The number of aryl methyl sites for hydroxylation is 1. The molecule has 3 heterocycles. The average molecular weight is 450 g/mol. The molecule has 2 aliphatic heterocycles. The number of hydrogen-bond acceptors (Lipinski definition) is 6. The van der Waals surface area contributed by atoms with Crippen LogP contribution in [0, 0.1) is 6.92 Å². The third-order valence-electron chi connectivity index (χ3n) is 5.76. The van der Waals surface area contributed by atoms with Gasteiger partial charge in [-0.1, -0.05) is 47.7 Å². The van der Waals surface area contributed by atoms with Gasteiger partial charge in [-0.2, -0.15) is 4.98 Å². The lowest BCUT2D eigenvalue weighted by molar-refractivity contribution is -0.116. The van der Waals surface area contributed by atoms with Gasteiger partial charge in [0, 0.05) is 25.1 Å². The van der Waals surface area contributed by atoms with Gasteiger partial charge in [-0.05, 0) is 30.2 Å². The highest BCUT2D eigenvalue weighted by Crippen LogP contribution is 2.40. The molecular formula is C24H23N3O4S. The van der Waals surface area contributed by atoms with Gasteiger partial charge in [-0.3, -0.25) is 9.59 Å². The highest BCUT2D eigenvalue weighted by molar-refractivity contribution is 7.98. The quantitative estimate of drug-likeness (QED) is 0.484. The normalized spacial score (nSPS) is 16.9. The Kier molecular flexibility index (Phi) is 5.38. The topological polar surface area (TPSA) is 82.5 Å². The van der Waals surface area contributed by atoms with E-state index in [9.17, 15) is 9.59 Å². The van der Waals surface area contributed by atoms with Gasteiger partial charge < -0.3 is 19.4 Å². The van der Waals surface area contributed by atoms with Gasteiger partial charge in [-0.25, -0.2) is 0 Å². The van der Waals surface area contributed by atoms with Crippen LogP contribution >= 0.6 is 11.8 Å². The van der Waals surface area contributed by atoms with E-state index in [1.807, 2.05) is 32.2 Å². The van der Waals surface area contributed by atoms with E-state index in [2.05, 4.69) is 34.6 Å². The number of carbonyl (C=O) groups excluding carboxylic acids is 1. The number of ether oxygens (including phenoxy) is 2. The molecule has 0 spiro atoms. The fourth-order valence-corrected chi connectivity index (χ4v) is 4.98. The Morgan fingerprint density at radius 3 is 2.62 bits per heavy atom. The molecule has 1 atom stereocenters. The maximum Gasteiger partial charge on any atom is 0.279 e. The van der Waals surface area contributed by atoms with Crippen LogP contribution in [0.5, 0.6) is 11.5 Å². The summed E-state index contributed by atoms with van der Waals surface area (Å²) in [7, 11) is 1.83. The van der Waals surface area contributed by atoms with Crippen molar-refractivity contribution in [3.8, 4) is 11.5 Å². The third kappa shape index (κ3) is 3.86. The Morgan fingerprint density at radius 2 is 1.84 bits per heavy atom. The first kappa shape index (κ1) is 20.6. The number of nitrogens with zero attached hydrogens (tertiary/aromatic N) is 2. The zero-order valence-electron chi connectivity index (χ0n) is 17.9. The molecule has 5 rings (SSSR count). The molecule has 2 aliphatic rings. The van der Waals surface area contributed by atoms with Crippen molar-refractivity contribution in [2.75, 3.05) is 18.5 Å². The number of nitrogens with one attached hydrogen (secondary N) is 1. The van der Waals surface area contributed by atoms with E-state index < -0.39 is 5.92 Å². The smallest absolute Gasteiger partial charge is 0.279 e. The zero-order chi connectivity index (χ0) is 22.2. The van der Waals surface area contributed by atoms with Crippen molar-refractivity contribution in [3.05, 3.63) is 75.1 Å². The van der Waals surface area contributed by atoms with Crippen molar-refractivity contribution in [1.82, 2.24) is 9.55 Å². The summed E-state index contributed by atoms with van der Waals surface area (Å²) >= 11 is 1.47. The number of anilines is 1. The van der Waals surface area contributed by atoms with Crippen molar-refractivity contribution in [1.29, 1.82) is 0 Å². The van der Waals surface area contributed by atoms with Crippen molar-refractivity contribution < 1.29 is 14.3 Å². The van der Waals surface area contributed by atoms with Crippen molar-refractivity contribution in [3.63, 3.8) is 0 Å². The summed E-state index contributed by atoms with van der Waals surface area (Å²) in [4.78, 5) is 30.1. The van der Waals surface area contributed by atoms with Crippen molar-refractivity contribution >= 4 is 23.5 Å². The Bertz CT molecular complexity index is 1250. The molecule has 0 bridgehead atoms. The number of benzene rings is 2. The molecule has 7 nitrogen and oxygen atoms in total. The lowest BCUT2D eigenvalue weighted by atomic mass is 9.86. The van der Waals surface area contributed by atoms with Crippen LogP contribution in [0.2, 0.25) is 0 Å². The van der Waals surface area contributed by atoms with E-state index in [0.29, 0.717) is 47.0 Å². The van der Waals surface area contributed by atoms with Gasteiger partial charge in [0.25, 0.3) is 5.56 Å². The van der Waals surface area contributed by atoms with Crippen LogP contribution in [-0.4, -0.2) is 28.7 Å². The Balaban J connectivity index is 1.50. The summed E-state index contributed by atoms with van der Waals surface area (Å²) < 4.78 is 13.1. The number of amides is 1. The van der Waals surface area contributed by atoms with Gasteiger partial charge in [0.15, 0.2) is 16.7 Å². The molecule has 3 aromatic rings. The van der Waals surface area contributed by atoms with Crippen LogP contribution in [0.4, 0.5) is 5.82 Å². The molecular weight excluding hydrogens is 426 g/mol. The van der Waals surface area contributed by atoms with E-state index in [-0.39, 0.29) is 17.9 Å². The number of hydrogen-bond donors (Lipinski definition) is 1. The Labute approximate surface area is 189 Å². The predicted octanol–water partition coefficient (Wildman–Crippen LogP) is 3.63. The van der Waals surface area contributed by atoms with Crippen LogP contribution in [0.1, 0.15) is 34.6 Å². The molecule has 0 unspecified atom stereocenters. The minimum absolute atomic E-state index is 0.131. The van der Waals surface area contributed by atoms with Crippen LogP contribution in [0.3, 0.4) is 0 Å². The fourth-order valence-electron chi connectivity index (χ4n) is 4.06. The lowest BCUT2D eigenvalue weighted by Crippen LogP contribution is -2.33. The second-order valence-electron chi connectivity index (χ2n) is 8.00.